The molecule has 1 aromatic heterocycles. The molecule has 3 heterocycles. The molecule has 5 heteroatoms. The molecule has 3 rings (SSSR count). The topological polar surface area (TPSA) is 48.5 Å². The van der Waals surface area contributed by atoms with Gasteiger partial charge in [-0.15, -0.1) is 0 Å². The number of hydrogen-bond donors (Lipinski definition) is 1. The van der Waals surface area contributed by atoms with Crippen LogP contribution in [0.2, 0.25) is 0 Å². The zero-order chi connectivity index (χ0) is 13.9. The lowest BCUT2D eigenvalue weighted by Crippen LogP contribution is -2.64. The maximum absolute atomic E-state index is 12.2. The van der Waals surface area contributed by atoms with Gasteiger partial charge in [-0.3, -0.25) is 14.7 Å². The van der Waals surface area contributed by atoms with Gasteiger partial charge in [0.2, 0.25) is 5.91 Å². The van der Waals surface area contributed by atoms with Crippen LogP contribution in [0.1, 0.15) is 11.3 Å². The minimum absolute atomic E-state index is 0.207. The van der Waals surface area contributed by atoms with E-state index in [0.29, 0.717) is 12.5 Å². The summed E-state index contributed by atoms with van der Waals surface area (Å²) < 4.78 is 0. The summed E-state index contributed by atoms with van der Waals surface area (Å²) in [6.45, 7) is 8.11. The molecule has 0 aromatic carbocycles. The predicted molar refractivity (Wildman–Crippen MR) is 77.5 cm³/mol. The summed E-state index contributed by atoms with van der Waals surface area (Å²) >= 11 is 0. The van der Waals surface area contributed by atoms with E-state index in [4.69, 9.17) is 0 Å². The fourth-order valence-corrected chi connectivity index (χ4v) is 2.90. The first-order valence-corrected chi connectivity index (χ1v) is 7.37. The van der Waals surface area contributed by atoms with Gasteiger partial charge in [0.25, 0.3) is 0 Å². The first-order chi connectivity index (χ1) is 9.74. The molecule has 0 saturated carbocycles. The number of aromatic nitrogens is 1. The Morgan fingerprint density at radius 1 is 1.40 bits per heavy atom. The molecule has 2 saturated heterocycles. The Bertz CT molecular complexity index is 479. The van der Waals surface area contributed by atoms with E-state index >= 15 is 0 Å². The molecule has 0 spiro atoms. The third kappa shape index (κ3) is 2.83. The van der Waals surface area contributed by atoms with Crippen molar-refractivity contribution in [3.63, 3.8) is 0 Å². The molecular formula is C15H22N4O. The minimum Gasteiger partial charge on any atom is -0.339 e. The lowest BCUT2D eigenvalue weighted by atomic mass is 10.0. The van der Waals surface area contributed by atoms with Crippen LogP contribution in [-0.4, -0.2) is 66.0 Å². The second-order valence-corrected chi connectivity index (χ2v) is 5.68. The first-order valence-electron chi connectivity index (χ1n) is 7.37. The van der Waals surface area contributed by atoms with Crippen LogP contribution in [-0.2, 0) is 11.2 Å². The minimum atomic E-state index is 0.207. The lowest BCUT2D eigenvalue weighted by molar-refractivity contribution is -0.138. The largest absolute Gasteiger partial charge is 0.339 e. The second-order valence-electron chi connectivity index (χ2n) is 5.68. The number of nitrogens with zero attached hydrogens (tertiary/aromatic N) is 3. The molecule has 108 valence electrons. The number of nitrogens with one attached hydrogen (secondary N) is 1. The molecule has 1 N–H and O–H groups in total. The first kappa shape index (κ1) is 13.5. The molecule has 1 amide bonds. The summed E-state index contributed by atoms with van der Waals surface area (Å²) in [5, 5.41) is 3.36. The van der Waals surface area contributed by atoms with E-state index in [9.17, 15) is 4.79 Å². The van der Waals surface area contributed by atoms with Crippen molar-refractivity contribution in [2.75, 3.05) is 39.3 Å². The van der Waals surface area contributed by atoms with E-state index in [1.54, 1.807) is 6.20 Å². The Hall–Kier alpha value is -1.46. The summed E-state index contributed by atoms with van der Waals surface area (Å²) in [6.07, 6.45) is 2.19. The highest BCUT2D eigenvalue weighted by Gasteiger charge is 2.35. The number of pyridine rings is 1. The molecule has 0 bridgehead atoms. The van der Waals surface area contributed by atoms with E-state index in [2.05, 4.69) is 15.2 Å². The molecule has 0 radical (unpaired) electrons. The van der Waals surface area contributed by atoms with Crippen LogP contribution in [0.25, 0.3) is 0 Å². The smallest absolute Gasteiger partial charge is 0.228 e. The van der Waals surface area contributed by atoms with Gasteiger partial charge in [0.05, 0.1) is 12.1 Å². The van der Waals surface area contributed by atoms with Gasteiger partial charge in [0, 0.05) is 51.5 Å². The number of likely N-dealkylation sites (tertiary alicyclic amines) is 1. The molecule has 2 aliphatic rings. The van der Waals surface area contributed by atoms with Gasteiger partial charge in [0.1, 0.15) is 0 Å². The standard InChI is InChI=1S/C15H22N4O/c1-12-3-2-4-17-14(12)9-15(20)19-10-13(11-19)18-7-5-16-6-8-18/h2-4,13,16H,5-11H2,1H3. The van der Waals surface area contributed by atoms with Crippen molar-refractivity contribution >= 4 is 5.91 Å². The Morgan fingerprint density at radius 2 is 2.15 bits per heavy atom. The SMILES string of the molecule is Cc1cccnc1CC(=O)N1CC(N2CCNCC2)C1. The normalized spacial score (nSPS) is 20.8. The van der Waals surface area contributed by atoms with Crippen molar-refractivity contribution in [3.05, 3.63) is 29.6 Å². The van der Waals surface area contributed by atoms with Gasteiger partial charge in [0.15, 0.2) is 0 Å². The van der Waals surface area contributed by atoms with Gasteiger partial charge in [-0.05, 0) is 18.6 Å². The van der Waals surface area contributed by atoms with Gasteiger partial charge in [-0.25, -0.2) is 0 Å². The summed E-state index contributed by atoms with van der Waals surface area (Å²) in [6, 6.07) is 4.48. The number of hydrogen-bond acceptors (Lipinski definition) is 4. The molecular weight excluding hydrogens is 252 g/mol. The van der Waals surface area contributed by atoms with Gasteiger partial charge >= 0.3 is 0 Å². The zero-order valence-corrected chi connectivity index (χ0v) is 12.0. The highest BCUT2D eigenvalue weighted by atomic mass is 16.2. The summed E-state index contributed by atoms with van der Waals surface area (Å²) in [4.78, 5) is 21.0. The van der Waals surface area contributed by atoms with Gasteiger partial charge < -0.3 is 10.2 Å². The number of rotatable bonds is 3. The number of amides is 1. The average molecular weight is 274 g/mol. The molecule has 2 aliphatic heterocycles. The third-order valence-corrected chi connectivity index (χ3v) is 4.32. The van der Waals surface area contributed by atoms with Crippen LogP contribution in [0.3, 0.4) is 0 Å². The number of carbonyl (C=O) groups is 1. The zero-order valence-electron chi connectivity index (χ0n) is 12.0. The van der Waals surface area contributed by atoms with Crippen LogP contribution in [0.5, 0.6) is 0 Å². The predicted octanol–water partition coefficient (Wildman–Crippen LogP) is 0.0485. The van der Waals surface area contributed by atoms with Crippen LogP contribution < -0.4 is 5.32 Å². The maximum atomic E-state index is 12.2. The van der Waals surface area contributed by atoms with E-state index in [-0.39, 0.29) is 5.91 Å². The maximum Gasteiger partial charge on any atom is 0.228 e. The molecule has 0 atom stereocenters. The van der Waals surface area contributed by atoms with E-state index in [0.717, 1.165) is 50.5 Å². The van der Waals surface area contributed by atoms with Gasteiger partial charge in [-0.2, -0.15) is 0 Å². The molecule has 0 aliphatic carbocycles. The average Bonchev–Trinajstić information content (AvgIpc) is 2.41. The van der Waals surface area contributed by atoms with Crippen molar-refractivity contribution in [3.8, 4) is 0 Å². The Balaban J connectivity index is 1.49. The fraction of sp³-hybridized carbons (Fsp3) is 0.600. The third-order valence-electron chi connectivity index (χ3n) is 4.32. The van der Waals surface area contributed by atoms with Crippen molar-refractivity contribution in [2.45, 2.75) is 19.4 Å². The summed E-state index contributed by atoms with van der Waals surface area (Å²) in [7, 11) is 0. The highest BCUT2D eigenvalue weighted by molar-refractivity contribution is 5.79. The van der Waals surface area contributed by atoms with Crippen LogP contribution in [0.4, 0.5) is 0 Å². The lowest BCUT2D eigenvalue weighted by Gasteiger charge is -2.46. The van der Waals surface area contributed by atoms with Crippen molar-refractivity contribution in [1.29, 1.82) is 0 Å². The van der Waals surface area contributed by atoms with E-state index in [1.165, 1.54) is 0 Å². The summed E-state index contributed by atoms with van der Waals surface area (Å²) in [5.74, 6) is 0.207. The number of piperazine rings is 1. The second kappa shape index (κ2) is 5.89. The van der Waals surface area contributed by atoms with E-state index in [1.807, 2.05) is 24.0 Å². The van der Waals surface area contributed by atoms with Crippen molar-refractivity contribution in [1.82, 2.24) is 20.1 Å². The van der Waals surface area contributed by atoms with Crippen LogP contribution >= 0.6 is 0 Å². The monoisotopic (exact) mass is 274 g/mol. The number of aryl methyl sites for hydroxylation is 1. The van der Waals surface area contributed by atoms with E-state index < -0.39 is 0 Å². The molecule has 5 nitrogen and oxygen atoms in total. The molecule has 2 fully saturated rings. The quantitative estimate of drug-likeness (QED) is 0.846. The van der Waals surface area contributed by atoms with Crippen molar-refractivity contribution < 1.29 is 4.79 Å². The Labute approximate surface area is 120 Å². The Kier molecular flexibility index (Phi) is 3.98. The molecule has 1 aromatic rings. The van der Waals surface area contributed by atoms with Crippen molar-refractivity contribution in [2.24, 2.45) is 0 Å². The fourth-order valence-electron chi connectivity index (χ4n) is 2.90. The van der Waals surface area contributed by atoms with Crippen LogP contribution in [0, 0.1) is 6.92 Å². The van der Waals surface area contributed by atoms with Crippen LogP contribution in [0.15, 0.2) is 18.3 Å². The summed E-state index contributed by atoms with van der Waals surface area (Å²) in [5.41, 5.74) is 2.00. The van der Waals surface area contributed by atoms with Gasteiger partial charge in [-0.1, -0.05) is 6.07 Å². The molecule has 20 heavy (non-hydrogen) atoms. The molecule has 0 unspecified atom stereocenters. The number of carbonyl (C=O) groups excluding carboxylic acids is 1. The Morgan fingerprint density at radius 3 is 2.85 bits per heavy atom. The highest BCUT2D eigenvalue weighted by Crippen LogP contribution is 2.17.